The number of benzene rings is 11. The molecule has 0 unspecified atom stereocenters. The molecule has 0 nitrogen and oxygen atoms in total. The van der Waals surface area contributed by atoms with Crippen LogP contribution in [0.3, 0.4) is 0 Å². The molecule has 0 heterocycles. The zero-order valence-electron chi connectivity index (χ0n) is 47.8. The van der Waals surface area contributed by atoms with Gasteiger partial charge in [-0.15, -0.1) is 0 Å². The molecule has 0 bridgehead atoms. The summed E-state index contributed by atoms with van der Waals surface area (Å²) in [5.74, 6) is 1.04. The summed E-state index contributed by atoms with van der Waals surface area (Å²) in [6.07, 6.45) is 7.44. The lowest BCUT2D eigenvalue weighted by Gasteiger charge is -2.15. The van der Waals surface area contributed by atoms with Crippen LogP contribution in [0.15, 0.2) is 291 Å². The van der Waals surface area contributed by atoms with Crippen molar-refractivity contribution in [2.45, 2.75) is 80.6 Å². The van der Waals surface area contributed by atoms with Crippen LogP contribution in [0.1, 0.15) is 72.4 Å². The molecule has 79 heavy (non-hydrogen) atoms. The van der Waals surface area contributed by atoms with Gasteiger partial charge in [-0.1, -0.05) is 352 Å². The van der Waals surface area contributed by atoms with E-state index in [-0.39, 0.29) is 0 Å². The smallest absolute Gasteiger partial charge is 0.0155 e. The van der Waals surface area contributed by atoms with Crippen LogP contribution in [0.5, 0.6) is 0 Å². The van der Waals surface area contributed by atoms with Gasteiger partial charge in [-0.05, 0) is 126 Å². The fourth-order valence-electron chi connectivity index (χ4n) is 9.48. The van der Waals surface area contributed by atoms with Crippen LogP contribution in [0, 0.1) is 47.5 Å². The highest BCUT2D eigenvalue weighted by atomic mass is 14.1. The van der Waals surface area contributed by atoms with Crippen molar-refractivity contribution in [1.82, 2.24) is 0 Å². The van der Waals surface area contributed by atoms with Gasteiger partial charge in [0.15, 0.2) is 0 Å². The van der Waals surface area contributed by atoms with Gasteiger partial charge in [0, 0.05) is 0 Å². The van der Waals surface area contributed by atoms with E-state index in [2.05, 4.69) is 315 Å². The first-order valence-electron chi connectivity index (χ1n) is 28.3. The van der Waals surface area contributed by atoms with Gasteiger partial charge >= 0.3 is 0 Å². The minimum atomic E-state index is 1.04. The standard InChI is InChI=1S/2C19H16.2C13H12.C8H10.C7H14/c1-15-6-5-9-19(14-15)18-12-10-17(11-13-18)16-7-3-2-4-8-16;1-15-10-12-17(13-11-15)19-9-5-8-18(14-19)16-6-3-2-4-7-16;1-11-7-5-6-10-13(11)12-8-3-2-4-9-12;1-11-6-5-9-13(10-11)12-7-3-2-4-8-12;1-7-3-5-8(2)6-4-7;1-7-5-3-2-4-6-7/h2*2-14H,1H3;2*2-10H,1H3;3-6H,1-2H3;7H,2-6H2,1H3. The molecule has 0 atom stereocenters. The normalized spacial score (nSPS) is 11.4. The lowest BCUT2D eigenvalue weighted by Crippen LogP contribution is -1.99. The molecule has 0 spiro atoms. The van der Waals surface area contributed by atoms with Gasteiger partial charge in [-0.25, -0.2) is 0 Å². The van der Waals surface area contributed by atoms with Crippen LogP contribution in [0.25, 0.3) is 66.8 Å². The fraction of sp³-hybridized carbons (Fsp3) is 0.165. The second kappa shape index (κ2) is 31.6. The van der Waals surface area contributed by atoms with E-state index in [9.17, 15) is 0 Å². The van der Waals surface area contributed by atoms with Crippen LogP contribution >= 0.6 is 0 Å². The van der Waals surface area contributed by atoms with E-state index in [0.717, 1.165) is 5.92 Å². The Morgan fingerprint density at radius 1 is 0.215 bits per heavy atom. The molecular weight excluding hydrogens is 949 g/mol. The Kier molecular flexibility index (Phi) is 23.2. The predicted molar refractivity (Wildman–Crippen MR) is 345 cm³/mol. The van der Waals surface area contributed by atoms with E-state index in [1.165, 1.54) is 132 Å². The molecule has 0 saturated heterocycles. The maximum absolute atomic E-state index is 2.36. The summed E-state index contributed by atoms with van der Waals surface area (Å²) < 4.78 is 0. The van der Waals surface area contributed by atoms with Gasteiger partial charge in [0.2, 0.25) is 0 Å². The fourth-order valence-corrected chi connectivity index (χ4v) is 9.48. The third-order valence-corrected chi connectivity index (χ3v) is 14.2. The number of aryl methyl sites for hydroxylation is 6. The molecule has 1 saturated carbocycles. The highest BCUT2D eigenvalue weighted by Gasteiger charge is 2.06. The maximum atomic E-state index is 2.36. The molecule has 396 valence electrons. The first-order chi connectivity index (χ1) is 38.6. The molecule has 12 rings (SSSR count). The summed E-state index contributed by atoms with van der Waals surface area (Å²) in [5, 5.41) is 0. The summed E-state index contributed by atoms with van der Waals surface area (Å²) in [4.78, 5) is 0. The lowest BCUT2D eigenvalue weighted by molar-refractivity contribution is 0.385. The van der Waals surface area contributed by atoms with Gasteiger partial charge in [-0.2, -0.15) is 0 Å². The van der Waals surface area contributed by atoms with E-state index in [0.29, 0.717) is 0 Å². The van der Waals surface area contributed by atoms with Crippen molar-refractivity contribution in [2.24, 2.45) is 5.92 Å². The van der Waals surface area contributed by atoms with Crippen molar-refractivity contribution >= 4 is 0 Å². The van der Waals surface area contributed by atoms with Gasteiger partial charge < -0.3 is 0 Å². The quantitative estimate of drug-likeness (QED) is 0.156. The predicted octanol–water partition coefficient (Wildman–Crippen LogP) is 22.9. The number of hydrogen-bond donors (Lipinski definition) is 0. The lowest BCUT2D eigenvalue weighted by atomic mass is 9.91. The van der Waals surface area contributed by atoms with Crippen molar-refractivity contribution in [1.29, 1.82) is 0 Å². The second-order valence-corrected chi connectivity index (χ2v) is 20.9. The largest absolute Gasteiger partial charge is 0.0625 e. The molecular formula is C79H80. The first-order valence-corrected chi connectivity index (χ1v) is 28.3. The molecule has 1 aliphatic rings. The van der Waals surface area contributed by atoms with E-state index in [1.54, 1.807) is 0 Å². The minimum absolute atomic E-state index is 1.04. The molecule has 0 amide bonds. The molecule has 1 aliphatic carbocycles. The van der Waals surface area contributed by atoms with Crippen LogP contribution in [0.2, 0.25) is 0 Å². The molecule has 1 fully saturated rings. The molecule has 0 heteroatoms. The van der Waals surface area contributed by atoms with E-state index in [4.69, 9.17) is 0 Å². The van der Waals surface area contributed by atoms with Crippen molar-refractivity contribution < 1.29 is 0 Å². The Hall–Kier alpha value is -8.58. The van der Waals surface area contributed by atoms with Crippen molar-refractivity contribution in [3.63, 3.8) is 0 Å². The zero-order chi connectivity index (χ0) is 55.4. The van der Waals surface area contributed by atoms with Crippen LogP contribution in [-0.2, 0) is 0 Å². The van der Waals surface area contributed by atoms with E-state index < -0.39 is 0 Å². The topological polar surface area (TPSA) is 0 Å². The van der Waals surface area contributed by atoms with Gasteiger partial charge in [0.05, 0.1) is 0 Å². The minimum Gasteiger partial charge on any atom is -0.0625 e. The first kappa shape index (κ1) is 58.1. The van der Waals surface area contributed by atoms with Crippen molar-refractivity contribution in [2.75, 3.05) is 0 Å². The number of rotatable bonds is 6. The number of hydrogen-bond acceptors (Lipinski definition) is 0. The maximum Gasteiger partial charge on any atom is -0.0155 e. The Labute approximate surface area is 475 Å². The van der Waals surface area contributed by atoms with E-state index in [1.807, 2.05) is 24.3 Å². The molecule has 0 aliphatic heterocycles. The molecule has 0 aromatic heterocycles. The Morgan fingerprint density at radius 3 is 0.861 bits per heavy atom. The second-order valence-electron chi connectivity index (χ2n) is 20.9. The third kappa shape index (κ3) is 19.7. The average Bonchev–Trinajstić information content (AvgIpc) is 3.51. The highest BCUT2D eigenvalue weighted by molar-refractivity contribution is 5.74. The Morgan fingerprint density at radius 2 is 0.494 bits per heavy atom. The van der Waals surface area contributed by atoms with Gasteiger partial charge in [0.25, 0.3) is 0 Å². The van der Waals surface area contributed by atoms with Crippen LogP contribution in [0.4, 0.5) is 0 Å². The molecule has 11 aromatic rings. The van der Waals surface area contributed by atoms with Crippen LogP contribution < -0.4 is 0 Å². The van der Waals surface area contributed by atoms with Gasteiger partial charge in [0.1, 0.15) is 0 Å². The summed E-state index contributed by atoms with van der Waals surface area (Å²) in [7, 11) is 0. The molecule has 0 radical (unpaired) electrons. The SMILES string of the molecule is CC1CCCCC1.Cc1ccc(-c2cccc(-c3ccccc3)c2)cc1.Cc1ccc(C)cc1.Cc1cccc(-c2ccc(-c3ccccc3)cc2)c1.Cc1cccc(-c2ccccc2)c1.Cc1ccccc1-c1ccccc1. The average molecular weight is 1030 g/mol. The van der Waals surface area contributed by atoms with Gasteiger partial charge in [-0.3, -0.25) is 0 Å². The molecule has 0 N–H and O–H groups in total. The summed E-state index contributed by atoms with van der Waals surface area (Å²) in [6, 6.07) is 102. The Balaban J connectivity index is 0.000000142. The summed E-state index contributed by atoms with van der Waals surface area (Å²) in [5.41, 5.74) is 23.2. The van der Waals surface area contributed by atoms with Crippen molar-refractivity contribution in [3.05, 3.63) is 325 Å². The monoisotopic (exact) mass is 1030 g/mol. The van der Waals surface area contributed by atoms with E-state index >= 15 is 0 Å². The summed E-state index contributed by atoms with van der Waals surface area (Å²) >= 11 is 0. The van der Waals surface area contributed by atoms with Crippen LogP contribution in [-0.4, -0.2) is 0 Å². The molecule has 11 aromatic carbocycles. The highest BCUT2D eigenvalue weighted by Crippen LogP contribution is 2.28. The third-order valence-electron chi connectivity index (χ3n) is 14.2. The Bertz CT molecular complexity index is 3400. The van der Waals surface area contributed by atoms with Crippen molar-refractivity contribution in [3.8, 4) is 66.8 Å². The zero-order valence-corrected chi connectivity index (χ0v) is 47.8. The summed E-state index contributed by atoms with van der Waals surface area (Å²) in [6.45, 7) is 15.1.